The van der Waals surface area contributed by atoms with Crippen LogP contribution in [0.3, 0.4) is 0 Å². The minimum absolute atomic E-state index is 0.375. The maximum Gasteiger partial charge on any atom is 0.315 e. The highest BCUT2D eigenvalue weighted by Crippen LogP contribution is 2.06. The summed E-state index contributed by atoms with van der Waals surface area (Å²) in [6, 6.07) is 0.375. The number of halogens is 1. The van der Waals surface area contributed by atoms with Gasteiger partial charge < -0.3 is 14.3 Å². The summed E-state index contributed by atoms with van der Waals surface area (Å²) < 4.78 is 10.1. The van der Waals surface area contributed by atoms with Crippen molar-refractivity contribution in [1.82, 2.24) is 20.3 Å². The van der Waals surface area contributed by atoms with Gasteiger partial charge in [-0.1, -0.05) is 10.3 Å². The van der Waals surface area contributed by atoms with Crippen LogP contribution in [0.4, 0.5) is 6.01 Å². The Labute approximate surface area is 96.2 Å². The summed E-state index contributed by atoms with van der Waals surface area (Å²) in [5.74, 6) is 1.55. The predicted molar refractivity (Wildman–Crippen MR) is 55.2 cm³/mol. The Morgan fingerprint density at radius 2 is 2.19 bits per heavy atom. The molecular formula is C8H10ClN5O2. The normalized spacial score (nSPS) is 10.6. The SMILES string of the molecule is ClCCc1nnc(NCCc2ncno2)o1. The Morgan fingerprint density at radius 3 is 2.94 bits per heavy atom. The Bertz CT molecular complexity index is 416. The number of anilines is 1. The van der Waals surface area contributed by atoms with E-state index in [0.717, 1.165) is 0 Å². The van der Waals surface area contributed by atoms with Crippen molar-refractivity contribution in [1.29, 1.82) is 0 Å². The van der Waals surface area contributed by atoms with E-state index in [1.54, 1.807) is 0 Å². The largest absolute Gasteiger partial charge is 0.408 e. The van der Waals surface area contributed by atoms with Crippen molar-refractivity contribution < 1.29 is 8.94 Å². The fourth-order valence-electron chi connectivity index (χ4n) is 1.09. The van der Waals surface area contributed by atoms with Crippen molar-refractivity contribution in [3.63, 3.8) is 0 Å². The molecule has 16 heavy (non-hydrogen) atoms. The Morgan fingerprint density at radius 1 is 1.25 bits per heavy atom. The average molecular weight is 244 g/mol. The van der Waals surface area contributed by atoms with Gasteiger partial charge in [-0.25, -0.2) is 0 Å². The maximum atomic E-state index is 5.54. The van der Waals surface area contributed by atoms with Gasteiger partial charge in [0.15, 0.2) is 6.33 Å². The monoisotopic (exact) mass is 243 g/mol. The number of aryl methyl sites for hydroxylation is 1. The molecule has 0 unspecified atom stereocenters. The molecule has 0 fully saturated rings. The molecule has 0 atom stereocenters. The van der Waals surface area contributed by atoms with Gasteiger partial charge in [0.1, 0.15) is 0 Å². The molecule has 0 aliphatic heterocycles. The van der Waals surface area contributed by atoms with Crippen molar-refractivity contribution in [2.75, 3.05) is 17.7 Å². The number of nitrogens with zero attached hydrogens (tertiary/aromatic N) is 4. The highest BCUT2D eigenvalue weighted by atomic mass is 35.5. The third-order valence-corrected chi connectivity index (χ3v) is 1.99. The van der Waals surface area contributed by atoms with Crippen molar-refractivity contribution in [2.24, 2.45) is 0 Å². The second-order valence-electron chi connectivity index (χ2n) is 2.95. The molecular weight excluding hydrogens is 234 g/mol. The number of alkyl halides is 1. The molecule has 0 aromatic carbocycles. The van der Waals surface area contributed by atoms with Gasteiger partial charge >= 0.3 is 6.01 Å². The molecule has 1 N–H and O–H groups in total. The summed E-state index contributed by atoms with van der Waals surface area (Å²) in [6.07, 6.45) is 2.54. The lowest BCUT2D eigenvalue weighted by atomic mass is 10.4. The van der Waals surface area contributed by atoms with Crippen molar-refractivity contribution in [3.8, 4) is 0 Å². The van der Waals surface area contributed by atoms with Crippen molar-refractivity contribution in [2.45, 2.75) is 12.8 Å². The predicted octanol–water partition coefficient (Wildman–Crippen LogP) is 0.888. The molecule has 2 aromatic rings. The van der Waals surface area contributed by atoms with Crippen LogP contribution in [0.5, 0.6) is 0 Å². The van der Waals surface area contributed by atoms with E-state index in [0.29, 0.717) is 43.1 Å². The van der Waals surface area contributed by atoms with Crippen molar-refractivity contribution in [3.05, 3.63) is 18.1 Å². The lowest BCUT2D eigenvalue weighted by molar-refractivity contribution is 0.379. The summed E-state index contributed by atoms with van der Waals surface area (Å²) in [7, 11) is 0. The van der Waals surface area contributed by atoms with Crippen LogP contribution >= 0.6 is 11.6 Å². The van der Waals surface area contributed by atoms with Crippen LogP contribution in [-0.2, 0) is 12.8 Å². The topological polar surface area (TPSA) is 89.9 Å². The zero-order valence-electron chi connectivity index (χ0n) is 8.39. The van der Waals surface area contributed by atoms with Crippen LogP contribution in [0.15, 0.2) is 15.3 Å². The molecule has 0 bridgehead atoms. The zero-order valence-corrected chi connectivity index (χ0v) is 9.15. The molecule has 2 aromatic heterocycles. The molecule has 0 aliphatic carbocycles. The molecule has 7 nitrogen and oxygen atoms in total. The van der Waals surface area contributed by atoms with Crippen LogP contribution < -0.4 is 5.32 Å². The first kappa shape index (κ1) is 10.9. The van der Waals surface area contributed by atoms with Crippen LogP contribution in [-0.4, -0.2) is 32.8 Å². The number of nitrogens with one attached hydrogen (secondary N) is 1. The molecule has 0 amide bonds. The molecule has 86 valence electrons. The van der Waals surface area contributed by atoms with E-state index in [1.165, 1.54) is 6.33 Å². The van der Waals surface area contributed by atoms with Gasteiger partial charge in [-0.2, -0.15) is 4.98 Å². The van der Waals surface area contributed by atoms with Gasteiger partial charge in [0.05, 0.1) is 0 Å². The first-order chi connectivity index (χ1) is 7.88. The quantitative estimate of drug-likeness (QED) is 0.754. The number of hydrogen-bond donors (Lipinski definition) is 1. The second kappa shape index (κ2) is 5.45. The lowest BCUT2D eigenvalue weighted by Gasteiger charge is -1.96. The number of hydrogen-bond acceptors (Lipinski definition) is 7. The first-order valence-corrected chi connectivity index (χ1v) is 5.29. The van der Waals surface area contributed by atoms with E-state index in [9.17, 15) is 0 Å². The molecule has 0 aliphatic rings. The van der Waals surface area contributed by atoms with E-state index < -0.39 is 0 Å². The average Bonchev–Trinajstić information content (AvgIpc) is 2.90. The van der Waals surface area contributed by atoms with Crippen molar-refractivity contribution >= 4 is 17.6 Å². The fraction of sp³-hybridized carbons (Fsp3) is 0.500. The summed E-state index contributed by atoms with van der Waals surface area (Å²) in [6.45, 7) is 0.588. The molecule has 8 heteroatoms. The summed E-state index contributed by atoms with van der Waals surface area (Å²) in [5, 5.41) is 14.1. The molecule has 0 saturated heterocycles. The summed E-state index contributed by atoms with van der Waals surface area (Å²) in [4.78, 5) is 3.88. The maximum absolute atomic E-state index is 5.54. The van der Waals surface area contributed by atoms with Gasteiger partial charge in [-0.15, -0.1) is 16.7 Å². The van der Waals surface area contributed by atoms with Gasteiger partial charge in [0.25, 0.3) is 0 Å². The van der Waals surface area contributed by atoms with Gasteiger partial charge in [-0.05, 0) is 0 Å². The second-order valence-corrected chi connectivity index (χ2v) is 3.33. The van der Waals surface area contributed by atoms with Gasteiger partial charge in [0, 0.05) is 25.3 Å². The standard InChI is InChI=1S/C8H10ClN5O2/c9-3-1-7-13-14-8(15-7)10-4-2-6-11-5-12-16-6/h5H,1-4H2,(H,10,14). The lowest BCUT2D eigenvalue weighted by Crippen LogP contribution is -2.05. The summed E-state index contributed by atoms with van der Waals surface area (Å²) >= 11 is 5.54. The molecule has 2 heterocycles. The highest BCUT2D eigenvalue weighted by Gasteiger charge is 2.05. The van der Waals surface area contributed by atoms with E-state index in [2.05, 4.69) is 25.7 Å². The Balaban J connectivity index is 1.76. The first-order valence-electron chi connectivity index (χ1n) is 4.76. The Hall–Kier alpha value is -1.63. The molecule has 0 spiro atoms. The van der Waals surface area contributed by atoms with Crippen LogP contribution in [0.2, 0.25) is 0 Å². The van der Waals surface area contributed by atoms with Gasteiger partial charge in [-0.3, -0.25) is 0 Å². The molecule has 0 radical (unpaired) electrons. The summed E-state index contributed by atoms with van der Waals surface area (Å²) in [5.41, 5.74) is 0. The number of rotatable bonds is 6. The highest BCUT2D eigenvalue weighted by molar-refractivity contribution is 6.17. The smallest absolute Gasteiger partial charge is 0.315 e. The van der Waals surface area contributed by atoms with E-state index in [4.69, 9.17) is 20.5 Å². The van der Waals surface area contributed by atoms with Gasteiger partial charge in [0.2, 0.25) is 11.8 Å². The van der Waals surface area contributed by atoms with E-state index in [-0.39, 0.29) is 0 Å². The van der Waals surface area contributed by atoms with E-state index >= 15 is 0 Å². The zero-order chi connectivity index (χ0) is 11.2. The minimum atomic E-state index is 0.375. The Kier molecular flexibility index (Phi) is 3.71. The van der Waals surface area contributed by atoms with E-state index in [1.807, 2.05) is 0 Å². The minimum Gasteiger partial charge on any atom is -0.408 e. The third-order valence-electron chi connectivity index (χ3n) is 1.80. The number of aromatic nitrogens is 4. The van der Waals surface area contributed by atoms with Crippen LogP contribution in [0, 0.1) is 0 Å². The molecule has 0 saturated carbocycles. The molecule has 2 rings (SSSR count). The van der Waals surface area contributed by atoms with Crippen LogP contribution in [0.25, 0.3) is 0 Å². The third kappa shape index (κ3) is 2.93. The fourth-order valence-corrected chi connectivity index (χ4v) is 1.25. The van der Waals surface area contributed by atoms with Crippen LogP contribution in [0.1, 0.15) is 11.8 Å².